The number of hydrogen-bond donors (Lipinski definition) is 0. The fourth-order valence-corrected chi connectivity index (χ4v) is 0.397. The van der Waals surface area contributed by atoms with E-state index in [1.165, 1.54) is 0 Å². The molecule has 0 heterocycles. The van der Waals surface area contributed by atoms with Gasteiger partial charge in [0.25, 0.3) is 0 Å². The van der Waals surface area contributed by atoms with Crippen molar-refractivity contribution in [2.24, 2.45) is 0 Å². The molecule has 0 N–H and O–H groups in total. The standard InChI is InChI=1S/C8H12O/c1-4-6-7-8(3)9-5-2/h3-5H2,1-2H3. The number of ether oxygens (including phenoxy) is 1. The molecule has 0 saturated carbocycles. The maximum Gasteiger partial charge on any atom is 0.162 e. The van der Waals surface area contributed by atoms with Crippen LogP contribution in [-0.4, -0.2) is 6.61 Å². The van der Waals surface area contributed by atoms with Gasteiger partial charge in [-0.1, -0.05) is 12.8 Å². The molecule has 0 fully saturated rings. The van der Waals surface area contributed by atoms with Crippen LogP contribution in [0.2, 0.25) is 0 Å². The molecule has 0 bridgehead atoms. The Kier molecular flexibility index (Phi) is 4.72. The molecule has 0 rings (SSSR count). The molecule has 0 aromatic carbocycles. The monoisotopic (exact) mass is 124 g/mol. The zero-order valence-electron chi connectivity index (χ0n) is 6.03. The van der Waals surface area contributed by atoms with Crippen LogP contribution in [-0.2, 0) is 4.74 Å². The van der Waals surface area contributed by atoms with Crippen LogP contribution in [0.15, 0.2) is 12.3 Å². The quantitative estimate of drug-likeness (QED) is 0.404. The van der Waals surface area contributed by atoms with E-state index >= 15 is 0 Å². The van der Waals surface area contributed by atoms with Gasteiger partial charge in [0.05, 0.1) is 6.61 Å². The Morgan fingerprint density at radius 2 is 2.22 bits per heavy atom. The van der Waals surface area contributed by atoms with Crippen LogP contribution in [0.4, 0.5) is 0 Å². The van der Waals surface area contributed by atoms with Gasteiger partial charge in [-0.25, -0.2) is 0 Å². The fraction of sp³-hybridized carbons (Fsp3) is 0.500. The van der Waals surface area contributed by atoms with Gasteiger partial charge < -0.3 is 4.74 Å². The van der Waals surface area contributed by atoms with Gasteiger partial charge in [-0.15, -0.1) is 0 Å². The summed E-state index contributed by atoms with van der Waals surface area (Å²) in [5, 5.41) is 0. The Hall–Kier alpha value is -0.900. The van der Waals surface area contributed by atoms with E-state index < -0.39 is 0 Å². The summed E-state index contributed by atoms with van der Waals surface area (Å²) in [6.45, 7) is 8.14. The normalized spacial score (nSPS) is 7.33. The van der Waals surface area contributed by atoms with Crippen molar-refractivity contribution in [3.63, 3.8) is 0 Å². The molecule has 1 nitrogen and oxygen atoms in total. The predicted octanol–water partition coefficient (Wildman–Crippen LogP) is 1.95. The van der Waals surface area contributed by atoms with E-state index in [2.05, 4.69) is 18.4 Å². The Morgan fingerprint density at radius 1 is 1.56 bits per heavy atom. The predicted molar refractivity (Wildman–Crippen MR) is 38.8 cm³/mol. The minimum Gasteiger partial charge on any atom is -0.486 e. The highest BCUT2D eigenvalue weighted by molar-refractivity contribution is 5.19. The van der Waals surface area contributed by atoms with E-state index in [4.69, 9.17) is 4.74 Å². The second-order valence-corrected chi connectivity index (χ2v) is 1.51. The lowest BCUT2D eigenvalue weighted by Crippen LogP contribution is -1.84. The third-order valence-electron chi connectivity index (χ3n) is 0.723. The third-order valence-corrected chi connectivity index (χ3v) is 0.723. The van der Waals surface area contributed by atoms with E-state index in [1.807, 2.05) is 13.8 Å². The molecule has 0 aliphatic carbocycles. The molecule has 0 radical (unpaired) electrons. The van der Waals surface area contributed by atoms with Crippen LogP contribution in [0.25, 0.3) is 0 Å². The second-order valence-electron chi connectivity index (χ2n) is 1.51. The number of allylic oxidation sites excluding steroid dienone is 1. The van der Waals surface area contributed by atoms with Crippen molar-refractivity contribution in [1.82, 2.24) is 0 Å². The average molecular weight is 124 g/mol. The molecule has 9 heavy (non-hydrogen) atoms. The maximum atomic E-state index is 4.98. The molecule has 0 amide bonds. The molecular weight excluding hydrogens is 112 g/mol. The van der Waals surface area contributed by atoms with Gasteiger partial charge in [0.2, 0.25) is 0 Å². The van der Waals surface area contributed by atoms with Crippen molar-refractivity contribution in [2.75, 3.05) is 6.61 Å². The summed E-state index contributed by atoms with van der Waals surface area (Å²) in [5.41, 5.74) is 0. The van der Waals surface area contributed by atoms with E-state index in [-0.39, 0.29) is 0 Å². The van der Waals surface area contributed by atoms with Gasteiger partial charge in [-0.05, 0) is 19.4 Å². The highest BCUT2D eigenvalue weighted by Crippen LogP contribution is 1.88. The van der Waals surface area contributed by atoms with Gasteiger partial charge in [-0.2, -0.15) is 0 Å². The van der Waals surface area contributed by atoms with Crippen LogP contribution in [0.1, 0.15) is 20.3 Å². The van der Waals surface area contributed by atoms with Crippen molar-refractivity contribution in [2.45, 2.75) is 20.3 Å². The minimum atomic E-state index is 0.569. The van der Waals surface area contributed by atoms with E-state index in [0.29, 0.717) is 12.4 Å². The van der Waals surface area contributed by atoms with Crippen LogP contribution in [0.5, 0.6) is 0 Å². The van der Waals surface area contributed by atoms with Crippen molar-refractivity contribution in [3.05, 3.63) is 12.3 Å². The molecule has 0 aliphatic heterocycles. The molecule has 1 heteroatoms. The molecule has 0 aromatic rings. The summed E-state index contributed by atoms with van der Waals surface area (Å²) in [6, 6.07) is 0. The van der Waals surface area contributed by atoms with Gasteiger partial charge >= 0.3 is 0 Å². The Bertz CT molecular complexity index is 136. The highest BCUT2D eigenvalue weighted by Gasteiger charge is 1.80. The molecule has 0 aliphatic rings. The van der Waals surface area contributed by atoms with E-state index in [0.717, 1.165) is 6.42 Å². The van der Waals surface area contributed by atoms with E-state index in [1.54, 1.807) is 0 Å². The lowest BCUT2D eigenvalue weighted by Gasteiger charge is -1.95. The summed E-state index contributed by atoms with van der Waals surface area (Å²) >= 11 is 0. The number of hydrogen-bond acceptors (Lipinski definition) is 1. The zero-order valence-corrected chi connectivity index (χ0v) is 6.03. The Labute approximate surface area is 56.7 Å². The first kappa shape index (κ1) is 8.10. The van der Waals surface area contributed by atoms with Crippen LogP contribution in [0.3, 0.4) is 0 Å². The molecule has 50 valence electrons. The van der Waals surface area contributed by atoms with Crippen molar-refractivity contribution < 1.29 is 4.74 Å². The van der Waals surface area contributed by atoms with Gasteiger partial charge in [-0.3, -0.25) is 0 Å². The second kappa shape index (κ2) is 5.24. The lowest BCUT2D eigenvalue weighted by atomic mass is 10.4. The third kappa shape index (κ3) is 4.96. The van der Waals surface area contributed by atoms with Crippen LogP contribution < -0.4 is 0 Å². The first-order valence-corrected chi connectivity index (χ1v) is 3.11. The summed E-state index contributed by atoms with van der Waals surface area (Å²) in [6.07, 6.45) is 0.853. The summed E-state index contributed by atoms with van der Waals surface area (Å²) in [7, 11) is 0. The lowest BCUT2D eigenvalue weighted by molar-refractivity contribution is 0.248. The summed E-state index contributed by atoms with van der Waals surface area (Å²) in [5.74, 6) is 6.19. The van der Waals surface area contributed by atoms with Gasteiger partial charge in [0.15, 0.2) is 5.76 Å². The molecular formula is C8H12O. The zero-order chi connectivity index (χ0) is 7.11. The average Bonchev–Trinajstić information content (AvgIpc) is 1.85. The molecule has 0 unspecified atom stereocenters. The SMILES string of the molecule is C=C(C#CCC)OCC. The van der Waals surface area contributed by atoms with Crippen LogP contribution in [0, 0.1) is 11.8 Å². The van der Waals surface area contributed by atoms with Gasteiger partial charge in [0.1, 0.15) is 0 Å². The van der Waals surface area contributed by atoms with Crippen LogP contribution >= 0.6 is 0 Å². The first-order chi connectivity index (χ1) is 4.31. The minimum absolute atomic E-state index is 0.569. The first-order valence-electron chi connectivity index (χ1n) is 3.11. The van der Waals surface area contributed by atoms with Crippen molar-refractivity contribution in [1.29, 1.82) is 0 Å². The Morgan fingerprint density at radius 3 is 2.67 bits per heavy atom. The smallest absolute Gasteiger partial charge is 0.162 e. The molecule has 0 saturated heterocycles. The molecule has 0 atom stereocenters. The summed E-state index contributed by atoms with van der Waals surface area (Å²) in [4.78, 5) is 0. The highest BCUT2D eigenvalue weighted by atomic mass is 16.5. The van der Waals surface area contributed by atoms with E-state index in [9.17, 15) is 0 Å². The maximum absolute atomic E-state index is 4.98. The van der Waals surface area contributed by atoms with Crippen molar-refractivity contribution >= 4 is 0 Å². The number of rotatable bonds is 2. The van der Waals surface area contributed by atoms with Gasteiger partial charge in [0, 0.05) is 6.42 Å². The molecule has 0 aromatic heterocycles. The topological polar surface area (TPSA) is 9.23 Å². The molecule has 0 spiro atoms. The largest absolute Gasteiger partial charge is 0.486 e. The summed E-state index contributed by atoms with van der Waals surface area (Å²) < 4.78 is 4.98. The van der Waals surface area contributed by atoms with Crippen molar-refractivity contribution in [3.8, 4) is 11.8 Å². The fourth-order valence-electron chi connectivity index (χ4n) is 0.397. The Balaban J connectivity index is 3.49.